The third kappa shape index (κ3) is 2.41. The fourth-order valence-corrected chi connectivity index (χ4v) is 1.58. The molecule has 5 heteroatoms. The molecule has 0 saturated heterocycles. The fourth-order valence-electron chi connectivity index (χ4n) is 1.15. The van der Waals surface area contributed by atoms with Crippen molar-refractivity contribution in [3.63, 3.8) is 0 Å². The Labute approximate surface area is 101 Å². The minimum absolute atomic E-state index is 0.807. The SMILES string of the molecule is Cc1ncccc1Nc1ncncc1I. The highest BCUT2D eigenvalue weighted by atomic mass is 127. The predicted molar refractivity (Wildman–Crippen MR) is 67.0 cm³/mol. The lowest BCUT2D eigenvalue weighted by Crippen LogP contribution is -1.99. The van der Waals surface area contributed by atoms with E-state index in [9.17, 15) is 0 Å². The van der Waals surface area contributed by atoms with Crippen molar-refractivity contribution < 1.29 is 0 Å². The summed E-state index contributed by atoms with van der Waals surface area (Å²) in [6.45, 7) is 1.95. The first-order valence-corrected chi connectivity index (χ1v) is 5.49. The van der Waals surface area contributed by atoms with Crippen LogP contribution in [0.2, 0.25) is 0 Å². The van der Waals surface area contributed by atoms with Crippen LogP contribution in [0.1, 0.15) is 5.69 Å². The number of hydrogen-bond donors (Lipinski definition) is 1. The van der Waals surface area contributed by atoms with Gasteiger partial charge in [-0.05, 0) is 41.6 Å². The van der Waals surface area contributed by atoms with Gasteiger partial charge in [-0.15, -0.1) is 0 Å². The molecule has 0 aromatic carbocycles. The largest absolute Gasteiger partial charge is 0.338 e. The van der Waals surface area contributed by atoms with Crippen molar-refractivity contribution >= 4 is 34.1 Å². The summed E-state index contributed by atoms with van der Waals surface area (Å²) in [4.78, 5) is 12.3. The molecule has 0 saturated carbocycles. The number of pyridine rings is 1. The average molecular weight is 312 g/mol. The third-order valence-corrected chi connectivity index (χ3v) is 2.72. The molecule has 0 aliphatic rings. The molecule has 4 nitrogen and oxygen atoms in total. The van der Waals surface area contributed by atoms with Gasteiger partial charge in [-0.1, -0.05) is 0 Å². The van der Waals surface area contributed by atoms with E-state index in [4.69, 9.17) is 0 Å². The zero-order chi connectivity index (χ0) is 10.7. The maximum absolute atomic E-state index is 4.20. The van der Waals surface area contributed by atoms with Crippen molar-refractivity contribution in [3.8, 4) is 0 Å². The van der Waals surface area contributed by atoms with Gasteiger partial charge >= 0.3 is 0 Å². The molecule has 2 heterocycles. The quantitative estimate of drug-likeness (QED) is 0.866. The number of nitrogens with zero attached hydrogens (tertiary/aromatic N) is 3. The van der Waals surface area contributed by atoms with Crippen molar-refractivity contribution in [3.05, 3.63) is 40.1 Å². The number of halogens is 1. The van der Waals surface area contributed by atoms with Crippen LogP contribution >= 0.6 is 22.6 Å². The smallest absolute Gasteiger partial charge is 0.147 e. The first-order valence-electron chi connectivity index (χ1n) is 4.41. The lowest BCUT2D eigenvalue weighted by molar-refractivity contribution is 1.14. The second-order valence-electron chi connectivity index (χ2n) is 2.98. The van der Waals surface area contributed by atoms with Gasteiger partial charge in [0.2, 0.25) is 0 Å². The predicted octanol–water partition coefficient (Wildman–Crippen LogP) is 2.53. The molecule has 0 radical (unpaired) electrons. The molecular formula is C10H9IN4. The normalized spacial score (nSPS) is 10.0. The van der Waals surface area contributed by atoms with Crippen molar-refractivity contribution in [1.29, 1.82) is 0 Å². The second kappa shape index (κ2) is 4.52. The molecule has 0 aliphatic carbocycles. The van der Waals surface area contributed by atoms with Gasteiger partial charge in [-0.25, -0.2) is 9.97 Å². The van der Waals surface area contributed by atoms with Crippen molar-refractivity contribution in [2.75, 3.05) is 5.32 Å². The number of rotatable bonds is 2. The van der Waals surface area contributed by atoms with Crippen molar-refractivity contribution in [2.45, 2.75) is 6.92 Å². The zero-order valence-electron chi connectivity index (χ0n) is 8.11. The number of hydrogen-bond acceptors (Lipinski definition) is 4. The minimum atomic E-state index is 0.807. The van der Waals surface area contributed by atoms with Gasteiger partial charge in [0.1, 0.15) is 12.1 Å². The number of anilines is 2. The zero-order valence-corrected chi connectivity index (χ0v) is 10.3. The van der Waals surface area contributed by atoms with E-state index in [2.05, 4.69) is 42.9 Å². The molecule has 0 spiro atoms. The molecule has 2 aromatic heterocycles. The fraction of sp³-hybridized carbons (Fsp3) is 0.100. The van der Waals surface area contributed by atoms with Crippen LogP contribution in [-0.4, -0.2) is 15.0 Å². The Kier molecular flexibility index (Phi) is 3.10. The van der Waals surface area contributed by atoms with Crippen LogP contribution in [0, 0.1) is 10.5 Å². The maximum Gasteiger partial charge on any atom is 0.147 e. The molecular weight excluding hydrogens is 303 g/mol. The first-order chi connectivity index (χ1) is 7.27. The second-order valence-corrected chi connectivity index (χ2v) is 4.14. The average Bonchev–Trinajstić information content (AvgIpc) is 2.24. The maximum atomic E-state index is 4.20. The highest BCUT2D eigenvalue weighted by Gasteiger charge is 2.03. The number of nitrogens with one attached hydrogen (secondary N) is 1. The van der Waals surface area contributed by atoms with E-state index in [0.717, 1.165) is 20.8 Å². The van der Waals surface area contributed by atoms with Crippen LogP contribution in [0.3, 0.4) is 0 Å². The van der Waals surface area contributed by atoms with Crippen LogP contribution in [0.15, 0.2) is 30.9 Å². The molecule has 15 heavy (non-hydrogen) atoms. The monoisotopic (exact) mass is 312 g/mol. The Hall–Kier alpha value is -1.24. The highest BCUT2D eigenvalue weighted by Crippen LogP contribution is 2.20. The van der Waals surface area contributed by atoms with E-state index in [1.54, 1.807) is 12.4 Å². The summed E-state index contributed by atoms with van der Waals surface area (Å²) < 4.78 is 0.985. The molecule has 0 amide bonds. The van der Waals surface area contributed by atoms with E-state index in [1.807, 2.05) is 19.1 Å². The lowest BCUT2D eigenvalue weighted by Gasteiger charge is -2.08. The summed E-state index contributed by atoms with van der Waals surface area (Å²) >= 11 is 2.19. The van der Waals surface area contributed by atoms with E-state index < -0.39 is 0 Å². The van der Waals surface area contributed by atoms with Gasteiger partial charge in [-0.3, -0.25) is 4.98 Å². The van der Waals surface area contributed by atoms with Crippen molar-refractivity contribution in [1.82, 2.24) is 15.0 Å². The Bertz CT molecular complexity index is 429. The Morgan fingerprint density at radius 2 is 2.20 bits per heavy atom. The Morgan fingerprint density at radius 1 is 1.33 bits per heavy atom. The molecule has 0 fully saturated rings. The molecule has 0 atom stereocenters. The molecule has 76 valence electrons. The topological polar surface area (TPSA) is 50.7 Å². The van der Waals surface area contributed by atoms with E-state index in [-0.39, 0.29) is 0 Å². The molecule has 0 aliphatic heterocycles. The standard InChI is InChI=1S/C10H9IN4/c1-7-9(3-2-4-13-7)15-10-8(11)5-12-6-14-10/h2-6H,1H3,(H,12,14,15). The van der Waals surface area contributed by atoms with Gasteiger partial charge in [0.15, 0.2) is 0 Å². The van der Waals surface area contributed by atoms with Gasteiger partial charge in [0, 0.05) is 12.4 Å². The van der Waals surface area contributed by atoms with Gasteiger partial charge < -0.3 is 5.32 Å². The Balaban J connectivity index is 2.30. The third-order valence-electron chi connectivity index (χ3n) is 1.93. The van der Waals surface area contributed by atoms with Gasteiger partial charge in [0.05, 0.1) is 15.0 Å². The minimum Gasteiger partial charge on any atom is -0.338 e. The summed E-state index contributed by atoms with van der Waals surface area (Å²) in [7, 11) is 0. The molecule has 0 bridgehead atoms. The summed E-state index contributed by atoms with van der Waals surface area (Å²) in [6.07, 6.45) is 5.06. The molecule has 1 N–H and O–H groups in total. The van der Waals surface area contributed by atoms with Crippen LogP contribution in [0.4, 0.5) is 11.5 Å². The van der Waals surface area contributed by atoms with Crippen LogP contribution < -0.4 is 5.32 Å². The van der Waals surface area contributed by atoms with Gasteiger partial charge in [-0.2, -0.15) is 0 Å². The lowest BCUT2D eigenvalue weighted by atomic mass is 10.3. The summed E-state index contributed by atoms with van der Waals surface area (Å²) in [5.41, 5.74) is 1.92. The van der Waals surface area contributed by atoms with Crippen LogP contribution in [-0.2, 0) is 0 Å². The van der Waals surface area contributed by atoms with E-state index in [1.165, 1.54) is 6.33 Å². The first kappa shape index (κ1) is 10.3. The van der Waals surface area contributed by atoms with Crippen LogP contribution in [0.25, 0.3) is 0 Å². The molecule has 2 aromatic rings. The summed E-state index contributed by atoms with van der Waals surface area (Å²) in [6, 6.07) is 3.86. The van der Waals surface area contributed by atoms with Crippen molar-refractivity contribution in [2.24, 2.45) is 0 Å². The van der Waals surface area contributed by atoms with Crippen LogP contribution in [0.5, 0.6) is 0 Å². The van der Waals surface area contributed by atoms with E-state index in [0.29, 0.717) is 0 Å². The van der Waals surface area contributed by atoms with Gasteiger partial charge in [0.25, 0.3) is 0 Å². The highest BCUT2D eigenvalue weighted by molar-refractivity contribution is 14.1. The summed E-state index contributed by atoms with van der Waals surface area (Å²) in [5, 5.41) is 3.22. The molecule has 0 unspecified atom stereocenters. The number of aromatic nitrogens is 3. The number of aryl methyl sites for hydroxylation is 1. The van der Waals surface area contributed by atoms with E-state index >= 15 is 0 Å². The summed E-state index contributed by atoms with van der Waals surface area (Å²) in [5.74, 6) is 0.807. The molecule has 2 rings (SSSR count). The Morgan fingerprint density at radius 3 is 2.93 bits per heavy atom.